The molecule has 0 atom stereocenters. The maximum atomic E-state index is 13.3. The lowest BCUT2D eigenvalue weighted by Crippen LogP contribution is -1.97. The van der Waals surface area contributed by atoms with Gasteiger partial charge in [0.15, 0.2) is 17.5 Å². The van der Waals surface area contributed by atoms with Crippen LogP contribution in [0.2, 0.25) is 0 Å². The fourth-order valence-electron chi connectivity index (χ4n) is 1.57. The second-order valence-corrected chi connectivity index (χ2v) is 3.64. The van der Waals surface area contributed by atoms with Crippen LogP contribution in [-0.4, -0.2) is 0 Å². The lowest BCUT2D eigenvalue weighted by Gasteiger charge is -2.04. The van der Waals surface area contributed by atoms with Crippen LogP contribution in [0.25, 0.3) is 0 Å². The molecule has 0 aromatic heterocycles. The Labute approximate surface area is 95.5 Å². The van der Waals surface area contributed by atoms with Gasteiger partial charge in [0.1, 0.15) is 5.82 Å². The van der Waals surface area contributed by atoms with Crippen LogP contribution in [0.5, 0.6) is 0 Å². The van der Waals surface area contributed by atoms with Crippen LogP contribution in [0.15, 0.2) is 36.4 Å². The van der Waals surface area contributed by atoms with Gasteiger partial charge in [-0.2, -0.15) is 0 Å². The van der Waals surface area contributed by atoms with Crippen molar-refractivity contribution >= 4 is 0 Å². The van der Waals surface area contributed by atoms with Crippen LogP contribution < -0.4 is 0 Å². The van der Waals surface area contributed by atoms with Crippen molar-refractivity contribution in [3.8, 4) is 0 Å². The van der Waals surface area contributed by atoms with Gasteiger partial charge in [0.05, 0.1) is 0 Å². The highest BCUT2D eigenvalue weighted by Gasteiger charge is 2.11. The van der Waals surface area contributed by atoms with E-state index in [2.05, 4.69) is 0 Å². The Hall–Kier alpha value is -1.84. The monoisotopic (exact) mass is 240 g/mol. The molecule has 17 heavy (non-hydrogen) atoms. The van der Waals surface area contributed by atoms with E-state index in [1.807, 2.05) is 0 Å². The lowest BCUT2D eigenvalue weighted by atomic mass is 10.0. The molecule has 2 aromatic rings. The van der Waals surface area contributed by atoms with Gasteiger partial charge < -0.3 is 0 Å². The summed E-state index contributed by atoms with van der Waals surface area (Å²) in [4.78, 5) is 0. The lowest BCUT2D eigenvalue weighted by molar-refractivity contribution is 0.445. The largest absolute Gasteiger partial charge is 0.207 e. The van der Waals surface area contributed by atoms with Crippen molar-refractivity contribution < 1.29 is 17.6 Å². The third-order valence-electron chi connectivity index (χ3n) is 2.40. The molecule has 88 valence electrons. The number of hydrogen-bond donors (Lipinski definition) is 0. The molecule has 0 radical (unpaired) electrons. The maximum Gasteiger partial charge on any atom is 0.194 e. The molecule has 0 N–H and O–H groups in total. The minimum atomic E-state index is -1.51. The molecule has 0 aliphatic carbocycles. The van der Waals surface area contributed by atoms with E-state index in [-0.39, 0.29) is 12.0 Å². The molecule has 0 nitrogen and oxygen atoms in total. The quantitative estimate of drug-likeness (QED) is 0.552. The smallest absolute Gasteiger partial charge is 0.194 e. The fraction of sp³-hybridized carbons (Fsp3) is 0.0769. The highest BCUT2D eigenvalue weighted by Crippen LogP contribution is 2.18. The SMILES string of the molecule is Fc1ccccc1Cc1cc(F)c(F)c(F)c1. The van der Waals surface area contributed by atoms with Gasteiger partial charge in [-0.1, -0.05) is 18.2 Å². The number of hydrogen-bond acceptors (Lipinski definition) is 0. The van der Waals surface area contributed by atoms with Crippen molar-refractivity contribution in [2.24, 2.45) is 0 Å². The van der Waals surface area contributed by atoms with E-state index in [9.17, 15) is 17.6 Å². The van der Waals surface area contributed by atoms with Crippen LogP contribution in [-0.2, 0) is 6.42 Å². The number of rotatable bonds is 2. The van der Waals surface area contributed by atoms with Crippen molar-refractivity contribution in [2.75, 3.05) is 0 Å². The molecule has 0 spiro atoms. The third-order valence-corrected chi connectivity index (χ3v) is 2.40. The van der Waals surface area contributed by atoms with Crippen molar-refractivity contribution in [1.82, 2.24) is 0 Å². The minimum Gasteiger partial charge on any atom is -0.207 e. The van der Waals surface area contributed by atoms with Gasteiger partial charge in [-0.15, -0.1) is 0 Å². The Balaban J connectivity index is 2.34. The molecule has 0 heterocycles. The Kier molecular flexibility index (Phi) is 3.13. The zero-order valence-corrected chi connectivity index (χ0v) is 8.68. The Morgan fingerprint density at radius 3 is 1.94 bits per heavy atom. The molecule has 2 aromatic carbocycles. The Morgan fingerprint density at radius 2 is 1.35 bits per heavy atom. The highest BCUT2D eigenvalue weighted by molar-refractivity contribution is 5.28. The summed E-state index contributed by atoms with van der Waals surface area (Å²) in [5.41, 5.74) is 0.490. The van der Waals surface area contributed by atoms with Crippen LogP contribution in [0.4, 0.5) is 17.6 Å². The molecular formula is C13H8F4. The van der Waals surface area contributed by atoms with Gasteiger partial charge >= 0.3 is 0 Å². The number of benzene rings is 2. The molecule has 0 bridgehead atoms. The van der Waals surface area contributed by atoms with E-state index in [1.165, 1.54) is 18.2 Å². The van der Waals surface area contributed by atoms with Crippen molar-refractivity contribution in [1.29, 1.82) is 0 Å². The van der Waals surface area contributed by atoms with Gasteiger partial charge in [-0.05, 0) is 29.3 Å². The molecule has 4 heteroatoms. The predicted molar refractivity (Wildman–Crippen MR) is 55.5 cm³/mol. The maximum absolute atomic E-state index is 13.3. The molecule has 2 rings (SSSR count). The summed E-state index contributed by atoms with van der Waals surface area (Å²) in [5, 5.41) is 0. The van der Waals surface area contributed by atoms with Crippen LogP contribution in [0, 0.1) is 23.3 Å². The van der Waals surface area contributed by atoms with Gasteiger partial charge in [0.25, 0.3) is 0 Å². The van der Waals surface area contributed by atoms with E-state index in [4.69, 9.17) is 0 Å². The minimum absolute atomic E-state index is 0.0147. The molecule has 0 amide bonds. The standard InChI is InChI=1S/C13H8F4/c14-10-4-2-1-3-9(10)5-8-6-11(15)13(17)12(16)7-8/h1-4,6-7H,5H2. The van der Waals surface area contributed by atoms with E-state index in [0.29, 0.717) is 5.56 Å². The first-order valence-corrected chi connectivity index (χ1v) is 4.95. The molecule has 0 fully saturated rings. The first-order chi connectivity index (χ1) is 8.08. The van der Waals surface area contributed by atoms with E-state index in [0.717, 1.165) is 12.1 Å². The van der Waals surface area contributed by atoms with Gasteiger partial charge in [0.2, 0.25) is 0 Å². The average molecular weight is 240 g/mol. The average Bonchev–Trinajstić information content (AvgIpc) is 2.29. The van der Waals surface area contributed by atoms with E-state index < -0.39 is 23.3 Å². The van der Waals surface area contributed by atoms with Crippen molar-refractivity contribution in [2.45, 2.75) is 6.42 Å². The molecule has 0 saturated carbocycles. The van der Waals surface area contributed by atoms with E-state index >= 15 is 0 Å². The van der Waals surface area contributed by atoms with Crippen LogP contribution in [0.1, 0.15) is 11.1 Å². The summed E-state index contributed by atoms with van der Waals surface area (Å²) >= 11 is 0. The van der Waals surface area contributed by atoms with Crippen LogP contribution >= 0.6 is 0 Å². The second-order valence-electron chi connectivity index (χ2n) is 3.64. The summed E-state index contributed by atoms with van der Waals surface area (Å²) in [6.07, 6.45) is 0.0147. The predicted octanol–water partition coefficient (Wildman–Crippen LogP) is 3.83. The Bertz CT molecular complexity index is 526. The summed E-state index contributed by atoms with van der Waals surface area (Å²) in [6.45, 7) is 0. The molecule has 0 unspecified atom stereocenters. The molecule has 0 aliphatic heterocycles. The zero-order chi connectivity index (χ0) is 12.4. The van der Waals surface area contributed by atoms with E-state index in [1.54, 1.807) is 6.07 Å². The van der Waals surface area contributed by atoms with Crippen molar-refractivity contribution in [3.05, 3.63) is 70.8 Å². The molecule has 0 saturated heterocycles. The summed E-state index contributed by atoms with van der Waals surface area (Å²) < 4.78 is 51.9. The molecular weight excluding hydrogens is 232 g/mol. The van der Waals surface area contributed by atoms with Gasteiger partial charge in [-0.25, -0.2) is 17.6 Å². The summed E-state index contributed by atoms with van der Waals surface area (Å²) in [6, 6.07) is 7.63. The fourth-order valence-corrected chi connectivity index (χ4v) is 1.57. The van der Waals surface area contributed by atoms with Gasteiger partial charge in [0, 0.05) is 6.42 Å². The highest BCUT2D eigenvalue weighted by atomic mass is 19.2. The normalized spacial score (nSPS) is 10.6. The second kappa shape index (κ2) is 4.57. The Morgan fingerprint density at radius 1 is 0.765 bits per heavy atom. The first-order valence-electron chi connectivity index (χ1n) is 4.95. The van der Waals surface area contributed by atoms with Crippen LogP contribution in [0.3, 0.4) is 0 Å². The third kappa shape index (κ3) is 2.46. The number of halogens is 4. The first kappa shape index (κ1) is 11.6. The summed E-state index contributed by atoms with van der Waals surface area (Å²) in [5.74, 6) is -4.51. The zero-order valence-electron chi connectivity index (χ0n) is 8.68. The summed E-state index contributed by atoms with van der Waals surface area (Å²) in [7, 11) is 0. The van der Waals surface area contributed by atoms with Crippen molar-refractivity contribution in [3.63, 3.8) is 0 Å². The topological polar surface area (TPSA) is 0 Å². The molecule has 0 aliphatic rings. The van der Waals surface area contributed by atoms with Gasteiger partial charge in [-0.3, -0.25) is 0 Å².